The van der Waals surface area contributed by atoms with Gasteiger partial charge in [0.25, 0.3) is 0 Å². The van der Waals surface area contributed by atoms with Gasteiger partial charge < -0.3 is 4.90 Å². The number of carbonyl (C=O) groups is 1. The number of alkyl halides is 1. The first-order chi connectivity index (χ1) is 12.1. The van der Waals surface area contributed by atoms with E-state index in [0.717, 1.165) is 50.9 Å². The van der Waals surface area contributed by atoms with Crippen LogP contribution in [0.3, 0.4) is 0 Å². The summed E-state index contributed by atoms with van der Waals surface area (Å²) in [6.45, 7) is 6.63. The highest BCUT2D eigenvalue weighted by atomic mass is 35.5. The predicted octanol–water partition coefficient (Wildman–Crippen LogP) is 5.35. The van der Waals surface area contributed by atoms with Crippen LogP contribution in [0.1, 0.15) is 52.4 Å². The van der Waals surface area contributed by atoms with E-state index in [-0.39, 0.29) is 11.9 Å². The van der Waals surface area contributed by atoms with Crippen LogP contribution in [-0.4, -0.2) is 41.9 Å². The van der Waals surface area contributed by atoms with Crippen LogP contribution in [-0.2, 0) is 4.79 Å². The lowest BCUT2D eigenvalue weighted by molar-refractivity contribution is -0.119. The van der Waals surface area contributed by atoms with E-state index >= 15 is 0 Å². The van der Waals surface area contributed by atoms with Gasteiger partial charge in [0.15, 0.2) is 0 Å². The second-order valence-electron chi connectivity index (χ2n) is 6.78. The number of benzene rings is 1. The number of anilines is 1. The second-order valence-corrected chi connectivity index (χ2v) is 7.60. The lowest BCUT2D eigenvalue weighted by Crippen LogP contribution is -2.51. The van der Waals surface area contributed by atoms with Crippen LogP contribution in [0.15, 0.2) is 24.3 Å². The zero-order valence-electron chi connectivity index (χ0n) is 15.4. The maximum absolute atomic E-state index is 12.9. The van der Waals surface area contributed by atoms with Gasteiger partial charge in [0.05, 0.1) is 6.04 Å². The molecule has 0 aliphatic heterocycles. The third kappa shape index (κ3) is 5.35. The smallest absolute Gasteiger partial charge is 0.228 e. The van der Waals surface area contributed by atoms with Gasteiger partial charge in [-0.05, 0) is 69.5 Å². The molecule has 0 heterocycles. The SMILES string of the molecule is CCCN(CCC)C1CCCC1N(C(=O)CCCl)c1ccc(Cl)cc1. The van der Waals surface area contributed by atoms with Crippen LogP contribution in [0.4, 0.5) is 5.69 Å². The number of halogens is 2. The summed E-state index contributed by atoms with van der Waals surface area (Å²) in [6, 6.07) is 8.27. The summed E-state index contributed by atoms with van der Waals surface area (Å²) in [6.07, 6.45) is 6.01. The van der Waals surface area contributed by atoms with Crippen molar-refractivity contribution in [1.29, 1.82) is 0 Å². The Hall–Kier alpha value is -0.770. The molecule has 1 saturated carbocycles. The Bertz CT molecular complexity index is 529. The van der Waals surface area contributed by atoms with E-state index in [4.69, 9.17) is 23.2 Å². The predicted molar refractivity (Wildman–Crippen MR) is 108 cm³/mol. The standard InChI is InChI=1S/C20H30Cl2N2O/c1-3-14-23(15-4-2)18-6-5-7-19(18)24(20(25)12-13-21)17-10-8-16(22)9-11-17/h8-11,18-19H,3-7,12-15H2,1-2H3. The van der Waals surface area contributed by atoms with Crippen LogP contribution in [0.2, 0.25) is 5.02 Å². The third-order valence-corrected chi connectivity index (χ3v) is 5.39. The number of rotatable bonds is 9. The molecule has 0 saturated heterocycles. The lowest BCUT2D eigenvalue weighted by Gasteiger charge is -2.39. The third-order valence-electron chi connectivity index (χ3n) is 4.95. The van der Waals surface area contributed by atoms with Gasteiger partial charge in [0.1, 0.15) is 0 Å². The molecule has 2 unspecified atom stereocenters. The van der Waals surface area contributed by atoms with Gasteiger partial charge in [-0.1, -0.05) is 25.4 Å². The normalized spacial score (nSPS) is 20.2. The minimum absolute atomic E-state index is 0.113. The van der Waals surface area contributed by atoms with E-state index < -0.39 is 0 Å². The van der Waals surface area contributed by atoms with Gasteiger partial charge in [-0.3, -0.25) is 9.69 Å². The molecule has 1 aromatic carbocycles. The first-order valence-corrected chi connectivity index (χ1v) is 10.4. The molecule has 0 spiro atoms. The van der Waals surface area contributed by atoms with E-state index in [0.29, 0.717) is 23.4 Å². The van der Waals surface area contributed by atoms with Gasteiger partial charge in [0.2, 0.25) is 5.91 Å². The Kier molecular flexibility index (Phi) is 8.54. The Morgan fingerprint density at radius 1 is 1.08 bits per heavy atom. The highest BCUT2D eigenvalue weighted by molar-refractivity contribution is 6.30. The molecule has 140 valence electrons. The minimum atomic E-state index is 0.113. The van der Waals surface area contributed by atoms with Crippen molar-refractivity contribution in [3.63, 3.8) is 0 Å². The van der Waals surface area contributed by atoms with Crippen LogP contribution < -0.4 is 4.90 Å². The molecule has 1 amide bonds. The molecule has 2 rings (SSSR count). The lowest BCUT2D eigenvalue weighted by atomic mass is 10.1. The maximum Gasteiger partial charge on any atom is 0.228 e. The summed E-state index contributed by atoms with van der Waals surface area (Å²) in [5, 5.41) is 0.690. The van der Waals surface area contributed by atoms with E-state index in [2.05, 4.69) is 18.7 Å². The van der Waals surface area contributed by atoms with Crippen LogP contribution in [0.5, 0.6) is 0 Å². The van der Waals surface area contributed by atoms with Crippen molar-refractivity contribution in [2.45, 2.75) is 64.5 Å². The summed E-state index contributed by atoms with van der Waals surface area (Å²) >= 11 is 11.9. The molecule has 0 aromatic heterocycles. The molecule has 1 aromatic rings. The fourth-order valence-electron chi connectivity index (χ4n) is 3.99. The average molecular weight is 385 g/mol. The molecule has 5 heteroatoms. The highest BCUT2D eigenvalue weighted by Crippen LogP contribution is 2.33. The highest BCUT2D eigenvalue weighted by Gasteiger charge is 2.38. The fraction of sp³-hybridized carbons (Fsp3) is 0.650. The van der Waals surface area contributed by atoms with Gasteiger partial charge in [-0.25, -0.2) is 0 Å². The van der Waals surface area contributed by atoms with Gasteiger partial charge in [0, 0.05) is 29.1 Å². The van der Waals surface area contributed by atoms with Crippen molar-refractivity contribution in [1.82, 2.24) is 4.90 Å². The second kappa shape index (κ2) is 10.4. The van der Waals surface area contributed by atoms with E-state index in [1.165, 1.54) is 0 Å². The number of nitrogens with zero attached hydrogens (tertiary/aromatic N) is 2. The molecule has 1 aliphatic carbocycles. The quantitative estimate of drug-likeness (QED) is 0.536. The molecule has 1 aliphatic rings. The van der Waals surface area contributed by atoms with Crippen LogP contribution >= 0.6 is 23.2 Å². The van der Waals surface area contributed by atoms with Crippen molar-refractivity contribution >= 4 is 34.8 Å². The molecule has 0 N–H and O–H groups in total. The Labute approximate surface area is 162 Å². The van der Waals surface area contributed by atoms with Gasteiger partial charge >= 0.3 is 0 Å². The molecule has 3 nitrogen and oxygen atoms in total. The molecule has 0 bridgehead atoms. The van der Waals surface area contributed by atoms with Crippen molar-refractivity contribution in [3.05, 3.63) is 29.3 Å². The summed E-state index contributed by atoms with van der Waals surface area (Å²) < 4.78 is 0. The maximum atomic E-state index is 12.9. The Morgan fingerprint density at radius 3 is 2.24 bits per heavy atom. The largest absolute Gasteiger partial charge is 0.308 e. The van der Waals surface area contributed by atoms with Crippen LogP contribution in [0, 0.1) is 0 Å². The first kappa shape index (κ1) is 20.5. The number of carbonyl (C=O) groups excluding carboxylic acids is 1. The van der Waals surface area contributed by atoms with Crippen LogP contribution in [0.25, 0.3) is 0 Å². The Balaban J connectivity index is 2.30. The fourth-order valence-corrected chi connectivity index (χ4v) is 4.28. The number of amides is 1. The zero-order chi connectivity index (χ0) is 18.2. The average Bonchev–Trinajstić information content (AvgIpc) is 3.06. The first-order valence-electron chi connectivity index (χ1n) is 9.50. The summed E-state index contributed by atoms with van der Waals surface area (Å²) in [5.41, 5.74) is 0.935. The monoisotopic (exact) mass is 384 g/mol. The minimum Gasteiger partial charge on any atom is -0.308 e. The van der Waals surface area contributed by atoms with Gasteiger partial charge in [-0.15, -0.1) is 11.6 Å². The van der Waals surface area contributed by atoms with Crippen molar-refractivity contribution in [2.24, 2.45) is 0 Å². The van der Waals surface area contributed by atoms with Gasteiger partial charge in [-0.2, -0.15) is 0 Å². The summed E-state index contributed by atoms with van der Waals surface area (Å²) in [5.74, 6) is 0.468. The van der Waals surface area contributed by atoms with E-state index in [1.807, 2.05) is 29.2 Å². The van der Waals surface area contributed by atoms with E-state index in [9.17, 15) is 4.79 Å². The molecular weight excluding hydrogens is 355 g/mol. The number of hydrogen-bond acceptors (Lipinski definition) is 2. The molecule has 25 heavy (non-hydrogen) atoms. The van der Waals surface area contributed by atoms with Crippen molar-refractivity contribution in [2.75, 3.05) is 23.9 Å². The van der Waals surface area contributed by atoms with E-state index in [1.54, 1.807) is 0 Å². The number of hydrogen-bond donors (Lipinski definition) is 0. The summed E-state index contributed by atoms with van der Waals surface area (Å²) in [7, 11) is 0. The topological polar surface area (TPSA) is 23.6 Å². The molecular formula is C20H30Cl2N2O. The van der Waals surface area contributed by atoms with Crippen molar-refractivity contribution < 1.29 is 4.79 Å². The summed E-state index contributed by atoms with van der Waals surface area (Å²) in [4.78, 5) is 17.5. The molecule has 1 fully saturated rings. The Morgan fingerprint density at radius 2 is 1.68 bits per heavy atom. The molecule has 0 radical (unpaired) electrons. The zero-order valence-corrected chi connectivity index (χ0v) is 16.9. The molecule has 2 atom stereocenters. The van der Waals surface area contributed by atoms with Crippen molar-refractivity contribution in [3.8, 4) is 0 Å².